The highest BCUT2D eigenvalue weighted by molar-refractivity contribution is 8.02. The lowest BCUT2D eigenvalue weighted by Crippen LogP contribution is -2.00. The first-order chi connectivity index (χ1) is 7.34. The molecule has 0 N–H and O–H groups in total. The van der Waals surface area contributed by atoms with Gasteiger partial charge in [0.1, 0.15) is 0 Å². The van der Waals surface area contributed by atoms with Gasteiger partial charge in [-0.2, -0.15) is 23.5 Å². The third-order valence-electron chi connectivity index (χ3n) is 2.00. The zero-order valence-electron chi connectivity index (χ0n) is 8.94. The van der Waals surface area contributed by atoms with E-state index in [2.05, 4.69) is 6.26 Å². The first-order valence-corrected chi connectivity index (χ1v) is 7.54. The molecule has 0 aliphatic rings. The number of carbonyl (C=O) groups is 1. The summed E-state index contributed by atoms with van der Waals surface area (Å²) in [7, 11) is 0. The summed E-state index contributed by atoms with van der Waals surface area (Å²) < 4.78 is 0. The van der Waals surface area contributed by atoms with Crippen LogP contribution in [-0.2, 0) is 0 Å². The smallest absolute Gasteiger partial charge is 0.163 e. The number of carbonyl (C=O) groups excluding carboxylic acids is 1. The number of Topliss-reactive ketones (excluding diaryl/α,β-unsaturated/α-hetero) is 1. The molecule has 15 heavy (non-hydrogen) atoms. The maximum absolute atomic E-state index is 11.7. The van der Waals surface area contributed by atoms with Gasteiger partial charge in [-0.15, -0.1) is 0 Å². The van der Waals surface area contributed by atoms with Crippen molar-refractivity contribution in [2.24, 2.45) is 0 Å². The van der Waals surface area contributed by atoms with Crippen molar-refractivity contribution in [1.82, 2.24) is 0 Å². The van der Waals surface area contributed by atoms with E-state index in [1.165, 1.54) is 5.75 Å². The summed E-state index contributed by atoms with van der Waals surface area (Å²) in [4.78, 5) is 11.7. The molecule has 0 radical (unpaired) electrons. The molecule has 0 fully saturated rings. The highest BCUT2D eigenvalue weighted by Crippen LogP contribution is 2.09. The molecule has 0 heterocycles. The van der Waals surface area contributed by atoms with Crippen molar-refractivity contribution in [2.75, 3.05) is 23.5 Å². The van der Waals surface area contributed by atoms with Crippen LogP contribution in [-0.4, -0.2) is 29.3 Å². The lowest BCUT2D eigenvalue weighted by atomic mass is 10.1. The van der Waals surface area contributed by atoms with E-state index in [4.69, 9.17) is 0 Å². The van der Waals surface area contributed by atoms with E-state index in [1.54, 1.807) is 0 Å². The Kier molecular flexibility index (Phi) is 6.60. The first-order valence-electron chi connectivity index (χ1n) is 4.99. The summed E-state index contributed by atoms with van der Waals surface area (Å²) in [5.74, 6) is 3.51. The third kappa shape index (κ3) is 5.28. The van der Waals surface area contributed by atoms with Crippen molar-refractivity contribution in [1.29, 1.82) is 0 Å². The minimum Gasteiger partial charge on any atom is -0.294 e. The van der Waals surface area contributed by atoms with Crippen molar-refractivity contribution in [3.8, 4) is 0 Å². The largest absolute Gasteiger partial charge is 0.294 e. The average molecular weight is 240 g/mol. The molecule has 1 rings (SSSR count). The number of benzene rings is 1. The van der Waals surface area contributed by atoms with Crippen molar-refractivity contribution in [2.45, 2.75) is 6.42 Å². The molecule has 0 aromatic heterocycles. The Morgan fingerprint density at radius 2 is 1.87 bits per heavy atom. The average Bonchev–Trinajstić information content (AvgIpc) is 2.30. The Morgan fingerprint density at radius 3 is 2.53 bits per heavy atom. The molecule has 0 saturated heterocycles. The second-order valence-electron chi connectivity index (χ2n) is 3.14. The second kappa shape index (κ2) is 7.83. The predicted octanol–water partition coefficient (Wildman–Crippen LogP) is 3.36. The minimum atomic E-state index is 0.257. The highest BCUT2D eigenvalue weighted by atomic mass is 32.2. The molecule has 1 aromatic rings. The van der Waals surface area contributed by atoms with E-state index >= 15 is 0 Å². The number of rotatable bonds is 7. The Hall–Kier alpha value is -0.410. The van der Waals surface area contributed by atoms with Crippen LogP contribution in [0.1, 0.15) is 16.8 Å². The van der Waals surface area contributed by atoms with E-state index in [0.29, 0.717) is 6.42 Å². The number of ketones is 1. The van der Waals surface area contributed by atoms with Crippen LogP contribution in [0.25, 0.3) is 0 Å². The fourth-order valence-corrected chi connectivity index (χ4v) is 2.85. The number of hydrogen-bond donors (Lipinski definition) is 0. The van der Waals surface area contributed by atoms with E-state index < -0.39 is 0 Å². The molecule has 0 amide bonds. The van der Waals surface area contributed by atoms with E-state index in [0.717, 1.165) is 17.1 Å². The molecule has 0 unspecified atom stereocenters. The van der Waals surface area contributed by atoms with Crippen LogP contribution >= 0.6 is 23.5 Å². The molecule has 1 nitrogen and oxygen atoms in total. The van der Waals surface area contributed by atoms with E-state index in [9.17, 15) is 4.79 Å². The fraction of sp³-hybridized carbons (Fsp3) is 0.417. The van der Waals surface area contributed by atoms with Crippen LogP contribution in [0.3, 0.4) is 0 Å². The van der Waals surface area contributed by atoms with Crippen molar-refractivity contribution in [3.05, 3.63) is 35.9 Å². The summed E-state index contributed by atoms with van der Waals surface area (Å²) in [5.41, 5.74) is 0.836. The predicted molar refractivity (Wildman–Crippen MR) is 71.1 cm³/mol. The van der Waals surface area contributed by atoms with Gasteiger partial charge in [-0.25, -0.2) is 0 Å². The van der Waals surface area contributed by atoms with Crippen molar-refractivity contribution >= 4 is 29.3 Å². The molecule has 0 bridgehead atoms. The van der Waals surface area contributed by atoms with Gasteiger partial charge in [0.25, 0.3) is 0 Å². The maximum Gasteiger partial charge on any atom is 0.163 e. The van der Waals surface area contributed by atoms with Gasteiger partial charge in [0.15, 0.2) is 5.78 Å². The monoisotopic (exact) mass is 240 g/mol. The lowest BCUT2D eigenvalue weighted by molar-refractivity contribution is 0.0989. The van der Waals surface area contributed by atoms with Crippen LogP contribution in [0.15, 0.2) is 30.3 Å². The fourth-order valence-electron chi connectivity index (χ4n) is 1.18. The number of hydrogen-bond acceptors (Lipinski definition) is 3. The molecular formula is C12H16OS2. The summed E-state index contributed by atoms with van der Waals surface area (Å²) in [6.07, 6.45) is 2.76. The maximum atomic E-state index is 11.7. The molecule has 0 aliphatic carbocycles. The molecule has 1 aromatic carbocycles. The zero-order valence-corrected chi connectivity index (χ0v) is 10.6. The van der Waals surface area contributed by atoms with E-state index in [1.807, 2.05) is 53.9 Å². The number of thioether (sulfide) groups is 2. The Labute approximate surface area is 100 Å². The molecule has 0 saturated carbocycles. The summed E-state index contributed by atoms with van der Waals surface area (Å²) >= 11 is 3.71. The van der Waals surface area contributed by atoms with Gasteiger partial charge in [0.2, 0.25) is 0 Å². The van der Waals surface area contributed by atoms with Gasteiger partial charge >= 0.3 is 0 Å². The SMILES string of the molecule is CSCCSCCC(=O)c1ccccc1. The van der Waals surface area contributed by atoms with Crippen LogP contribution in [0, 0.1) is 0 Å². The van der Waals surface area contributed by atoms with Crippen LogP contribution in [0.2, 0.25) is 0 Å². The molecule has 82 valence electrons. The Balaban J connectivity index is 2.20. The lowest BCUT2D eigenvalue weighted by Gasteiger charge is -2.00. The second-order valence-corrected chi connectivity index (χ2v) is 5.35. The third-order valence-corrected chi connectivity index (χ3v) is 3.86. The van der Waals surface area contributed by atoms with Gasteiger partial charge in [-0.1, -0.05) is 30.3 Å². The van der Waals surface area contributed by atoms with Crippen LogP contribution in [0.4, 0.5) is 0 Å². The molecule has 0 atom stereocenters. The molecule has 0 spiro atoms. The quantitative estimate of drug-likeness (QED) is 0.537. The van der Waals surface area contributed by atoms with Gasteiger partial charge in [-0.05, 0) is 6.26 Å². The molecular weight excluding hydrogens is 224 g/mol. The molecule has 3 heteroatoms. The van der Waals surface area contributed by atoms with E-state index in [-0.39, 0.29) is 5.78 Å². The van der Waals surface area contributed by atoms with Gasteiger partial charge in [0.05, 0.1) is 0 Å². The van der Waals surface area contributed by atoms with Gasteiger partial charge < -0.3 is 0 Å². The van der Waals surface area contributed by atoms with Gasteiger partial charge in [-0.3, -0.25) is 4.79 Å². The standard InChI is InChI=1S/C12H16OS2/c1-14-9-10-15-8-7-12(13)11-5-3-2-4-6-11/h2-6H,7-10H2,1H3. The Bertz CT molecular complexity index is 285. The zero-order chi connectivity index (χ0) is 10.9. The van der Waals surface area contributed by atoms with Gasteiger partial charge in [0, 0.05) is 29.2 Å². The Morgan fingerprint density at radius 1 is 1.13 bits per heavy atom. The van der Waals surface area contributed by atoms with Crippen molar-refractivity contribution in [3.63, 3.8) is 0 Å². The highest BCUT2D eigenvalue weighted by Gasteiger charge is 2.03. The van der Waals surface area contributed by atoms with Crippen molar-refractivity contribution < 1.29 is 4.79 Å². The topological polar surface area (TPSA) is 17.1 Å². The summed E-state index contributed by atoms with van der Waals surface area (Å²) in [6.45, 7) is 0. The summed E-state index contributed by atoms with van der Waals surface area (Å²) in [6, 6.07) is 9.52. The summed E-state index contributed by atoms with van der Waals surface area (Å²) in [5, 5.41) is 0. The minimum absolute atomic E-state index is 0.257. The van der Waals surface area contributed by atoms with Crippen LogP contribution < -0.4 is 0 Å². The van der Waals surface area contributed by atoms with Crippen LogP contribution in [0.5, 0.6) is 0 Å². The molecule has 0 aliphatic heterocycles. The first kappa shape index (κ1) is 12.7. The normalized spacial score (nSPS) is 10.2.